The maximum atomic E-state index is 12.2. The highest BCUT2D eigenvalue weighted by atomic mass is 35.5. The zero-order valence-electron chi connectivity index (χ0n) is 9.91. The minimum Gasteiger partial charge on any atom is -0.391 e. The molecule has 0 atom stereocenters. The first-order chi connectivity index (χ1) is 8.53. The Morgan fingerprint density at radius 3 is 2.61 bits per heavy atom. The van der Waals surface area contributed by atoms with E-state index < -0.39 is 5.54 Å². The molecule has 3 N–H and O–H groups in total. The number of nitrogens with two attached hydrogens (primary N) is 1. The van der Waals surface area contributed by atoms with Crippen molar-refractivity contribution in [2.24, 2.45) is 5.73 Å². The SMILES string of the molecule is NC(=S)C1(NC(=O)c2cccc(Cl)c2)CCCC1. The fourth-order valence-corrected chi connectivity index (χ4v) is 2.78. The summed E-state index contributed by atoms with van der Waals surface area (Å²) in [5.74, 6) is -0.174. The van der Waals surface area contributed by atoms with E-state index in [-0.39, 0.29) is 5.91 Å². The van der Waals surface area contributed by atoms with Crippen LogP contribution in [0.4, 0.5) is 0 Å². The molecule has 18 heavy (non-hydrogen) atoms. The van der Waals surface area contributed by atoms with Crippen LogP contribution in [0.2, 0.25) is 5.02 Å². The van der Waals surface area contributed by atoms with Crippen LogP contribution < -0.4 is 11.1 Å². The largest absolute Gasteiger partial charge is 0.391 e. The van der Waals surface area contributed by atoms with Gasteiger partial charge in [0.05, 0.1) is 10.5 Å². The number of benzene rings is 1. The van der Waals surface area contributed by atoms with Crippen molar-refractivity contribution in [1.29, 1.82) is 0 Å². The van der Waals surface area contributed by atoms with Gasteiger partial charge in [-0.1, -0.05) is 42.7 Å². The number of rotatable bonds is 3. The number of hydrogen-bond acceptors (Lipinski definition) is 2. The van der Waals surface area contributed by atoms with Gasteiger partial charge in [0, 0.05) is 10.6 Å². The third-order valence-electron chi connectivity index (χ3n) is 3.37. The number of halogens is 1. The summed E-state index contributed by atoms with van der Waals surface area (Å²) in [5.41, 5.74) is 5.79. The molecule has 2 rings (SSSR count). The molecule has 0 aliphatic heterocycles. The lowest BCUT2D eigenvalue weighted by atomic mass is 9.97. The molecule has 0 saturated heterocycles. The van der Waals surface area contributed by atoms with Crippen molar-refractivity contribution in [3.8, 4) is 0 Å². The minimum absolute atomic E-state index is 0.174. The van der Waals surface area contributed by atoms with E-state index in [0.717, 1.165) is 25.7 Å². The first-order valence-electron chi connectivity index (χ1n) is 5.91. The van der Waals surface area contributed by atoms with Gasteiger partial charge >= 0.3 is 0 Å². The summed E-state index contributed by atoms with van der Waals surface area (Å²) in [4.78, 5) is 12.5. The zero-order chi connectivity index (χ0) is 13.2. The van der Waals surface area contributed by atoms with Crippen LogP contribution in [0.1, 0.15) is 36.0 Å². The van der Waals surface area contributed by atoms with Crippen LogP contribution in [-0.4, -0.2) is 16.4 Å². The maximum Gasteiger partial charge on any atom is 0.252 e. The van der Waals surface area contributed by atoms with Crippen molar-refractivity contribution in [2.45, 2.75) is 31.2 Å². The van der Waals surface area contributed by atoms with Crippen LogP contribution in [0.3, 0.4) is 0 Å². The standard InChI is InChI=1S/C13H15ClN2OS/c14-10-5-3-4-9(8-10)11(17)16-13(12(15)18)6-1-2-7-13/h3-5,8H,1-2,6-7H2,(H2,15,18)(H,16,17). The molecular formula is C13H15ClN2OS. The van der Waals surface area contributed by atoms with E-state index in [2.05, 4.69) is 5.32 Å². The molecule has 96 valence electrons. The molecule has 0 heterocycles. The van der Waals surface area contributed by atoms with Crippen LogP contribution >= 0.6 is 23.8 Å². The van der Waals surface area contributed by atoms with Crippen molar-refractivity contribution in [1.82, 2.24) is 5.32 Å². The molecule has 1 saturated carbocycles. The summed E-state index contributed by atoms with van der Waals surface area (Å²) in [6, 6.07) is 6.85. The second-order valence-corrected chi connectivity index (χ2v) is 5.49. The average Bonchev–Trinajstić information content (AvgIpc) is 2.79. The van der Waals surface area contributed by atoms with Gasteiger partial charge in [0.25, 0.3) is 5.91 Å². The van der Waals surface area contributed by atoms with Gasteiger partial charge in [0.15, 0.2) is 0 Å². The van der Waals surface area contributed by atoms with Gasteiger partial charge in [-0.2, -0.15) is 0 Å². The number of amides is 1. The predicted octanol–water partition coefficient (Wildman–Crippen LogP) is 2.67. The minimum atomic E-state index is -0.519. The molecule has 1 aromatic carbocycles. The van der Waals surface area contributed by atoms with Gasteiger partial charge < -0.3 is 11.1 Å². The molecule has 0 aromatic heterocycles. The third-order valence-corrected chi connectivity index (χ3v) is 3.99. The Bertz CT molecular complexity index is 484. The molecule has 3 nitrogen and oxygen atoms in total. The highest BCUT2D eigenvalue weighted by molar-refractivity contribution is 7.80. The van der Waals surface area contributed by atoms with Gasteiger partial charge in [-0.05, 0) is 31.0 Å². The maximum absolute atomic E-state index is 12.2. The molecule has 5 heteroatoms. The van der Waals surface area contributed by atoms with Crippen LogP contribution in [0.5, 0.6) is 0 Å². The molecule has 0 unspecified atom stereocenters. The van der Waals surface area contributed by atoms with Gasteiger partial charge in [0.2, 0.25) is 0 Å². The highest BCUT2D eigenvalue weighted by Crippen LogP contribution is 2.30. The number of hydrogen-bond donors (Lipinski definition) is 2. The van der Waals surface area contributed by atoms with E-state index in [0.29, 0.717) is 15.6 Å². The smallest absolute Gasteiger partial charge is 0.252 e. The lowest BCUT2D eigenvalue weighted by Crippen LogP contribution is -2.54. The van der Waals surface area contributed by atoms with Crippen molar-refractivity contribution in [2.75, 3.05) is 0 Å². The van der Waals surface area contributed by atoms with Gasteiger partial charge in [-0.15, -0.1) is 0 Å². The second-order valence-electron chi connectivity index (χ2n) is 4.62. The van der Waals surface area contributed by atoms with E-state index in [9.17, 15) is 4.79 Å². The fraction of sp³-hybridized carbons (Fsp3) is 0.385. The Hall–Kier alpha value is -1.13. The number of thiocarbonyl (C=S) groups is 1. The fourth-order valence-electron chi connectivity index (χ4n) is 2.33. The molecular weight excluding hydrogens is 268 g/mol. The Morgan fingerprint density at radius 1 is 1.39 bits per heavy atom. The molecule has 1 aliphatic rings. The van der Waals surface area contributed by atoms with Gasteiger partial charge in [-0.3, -0.25) is 4.79 Å². The quantitative estimate of drug-likeness (QED) is 0.838. The summed E-state index contributed by atoms with van der Waals surface area (Å²) >= 11 is 11.0. The van der Waals surface area contributed by atoms with E-state index in [1.807, 2.05) is 0 Å². The van der Waals surface area contributed by atoms with Crippen molar-refractivity contribution in [3.05, 3.63) is 34.9 Å². The molecule has 1 fully saturated rings. The monoisotopic (exact) mass is 282 g/mol. The van der Waals surface area contributed by atoms with Crippen molar-refractivity contribution >= 4 is 34.7 Å². The predicted molar refractivity (Wildman–Crippen MR) is 76.9 cm³/mol. The average molecular weight is 283 g/mol. The van der Waals surface area contributed by atoms with Gasteiger partial charge in [0.1, 0.15) is 0 Å². The molecule has 1 amide bonds. The summed E-state index contributed by atoms with van der Waals surface area (Å²) in [5, 5.41) is 3.51. The zero-order valence-corrected chi connectivity index (χ0v) is 11.5. The topological polar surface area (TPSA) is 55.1 Å². The van der Waals surface area contributed by atoms with E-state index in [1.165, 1.54) is 0 Å². The summed E-state index contributed by atoms with van der Waals surface area (Å²) in [6.45, 7) is 0. The van der Waals surface area contributed by atoms with E-state index in [4.69, 9.17) is 29.6 Å². The van der Waals surface area contributed by atoms with Crippen LogP contribution in [-0.2, 0) is 0 Å². The summed E-state index contributed by atoms with van der Waals surface area (Å²) in [7, 11) is 0. The highest BCUT2D eigenvalue weighted by Gasteiger charge is 2.38. The number of carbonyl (C=O) groups is 1. The lowest BCUT2D eigenvalue weighted by Gasteiger charge is -2.29. The van der Waals surface area contributed by atoms with Crippen molar-refractivity contribution < 1.29 is 4.79 Å². The first-order valence-corrected chi connectivity index (χ1v) is 6.70. The van der Waals surface area contributed by atoms with Crippen LogP contribution in [0.15, 0.2) is 24.3 Å². The third kappa shape index (κ3) is 2.65. The normalized spacial score (nSPS) is 17.4. The number of nitrogens with one attached hydrogen (secondary N) is 1. The second kappa shape index (κ2) is 5.24. The van der Waals surface area contributed by atoms with Crippen LogP contribution in [0, 0.1) is 0 Å². The van der Waals surface area contributed by atoms with E-state index in [1.54, 1.807) is 24.3 Å². The summed E-state index contributed by atoms with van der Waals surface area (Å²) in [6.07, 6.45) is 3.70. The van der Waals surface area contributed by atoms with E-state index >= 15 is 0 Å². The summed E-state index contributed by atoms with van der Waals surface area (Å²) < 4.78 is 0. The van der Waals surface area contributed by atoms with Crippen LogP contribution in [0.25, 0.3) is 0 Å². The Labute approximate surface area is 117 Å². The molecule has 1 aromatic rings. The molecule has 1 aliphatic carbocycles. The lowest BCUT2D eigenvalue weighted by molar-refractivity contribution is 0.0924. The molecule has 0 spiro atoms. The Balaban J connectivity index is 2.18. The first kappa shape index (κ1) is 13.3. The molecule has 0 radical (unpaired) electrons. The molecule has 0 bridgehead atoms. The Morgan fingerprint density at radius 2 is 2.06 bits per heavy atom. The number of carbonyl (C=O) groups excluding carboxylic acids is 1. The Kier molecular flexibility index (Phi) is 3.88. The van der Waals surface area contributed by atoms with Gasteiger partial charge in [-0.25, -0.2) is 0 Å². The van der Waals surface area contributed by atoms with Crippen molar-refractivity contribution in [3.63, 3.8) is 0 Å².